The van der Waals surface area contributed by atoms with Crippen molar-refractivity contribution in [1.29, 1.82) is 0 Å². The van der Waals surface area contributed by atoms with Crippen molar-refractivity contribution >= 4 is 11.8 Å². The third-order valence-corrected chi connectivity index (χ3v) is 4.36. The Bertz CT molecular complexity index is 353. The van der Waals surface area contributed by atoms with Gasteiger partial charge in [-0.25, -0.2) is 0 Å². The van der Waals surface area contributed by atoms with Crippen molar-refractivity contribution in [3.8, 4) is 0 Å². The first-order chi connectivity index (χ1) is 9.67. The van der Waals surface area contributed by atoms with Crippen molar-refractivity contribution in [2.75, 3.05) is 13.2 Å². The Balaban J connectivity index is 1.90. The first-order valence-electron chi connectivity index (χ1n) is 7.89. The number of carbonyl (C=O) groups excluding carboxylic acids is 2. The number of ether oxygens (including phenoxy) is 1. The summed E-state index contributed by atoms with van der Waals surface area (Å²) in [6.45, 7) is 4.92. The molecule has 20 heavy (non-hydrogen) atoms. The molecule has 114 valence electrons. The third-order valence-electron chi connectivity index (χ3n) is 4.36. The molecule has 0 bridgehead atoms. The molecule has 1 heterocycles. The van der Waals surface area contributed by atoms with E-state index in [2.05, 4.69) is 5.32 Å². The average molecular weight is 282 g/mol. The summed E-state index contributed by atoms with van der Waals surface area (Å²) in [4.78, 5) is 26.1. The number of piperazine rings is 1. The molecule has 2 atom stereocenters. The van der Waals surface area contributed by atoms with Gasteiger partial charge in [0.15, 0.2) is 0 Å². The van der Waals surface area contributed by atoms with Gasteiger partial charge in [0.1, 0.15) is 12.1 Å². The second-order valence-electron chi connectivity index (χ2n) is 5.70. The molecule has 0 spiro atoms. The highest BCUT2D eigenvalue weighted by Gasteiger charge is 2.38. The van der Waals surface area contributed by atoms with Gasteiger partial charge in [0.05, 0.1) is 12.7 Å². The summed E-state index contributed by atoms with van der Waals surface area (Å²) in [6.07, 6.45) is 6.38. The Hall–Kier alpha value is -1.10. The van der Waals surface area contributed by atoms with E-state index in [-0.39, 0.29) is 23.9 Å². The summed E-state index contributed by atoms with van der Waals surface area (Å²) in [5.74, 6) is 0.00814. The summed E-state index contributed by atoms with van der Waals surface area (Å²) in [5.41, 5.74) is 0. The van der Waals surface area contributed by atoms with Crippen molar-refractivity contribution in [3.63, 3.8) is 0 Å². The van der Waals surface area contributed by atoms with Crippen LogP contribution in [-0.4, -0.2) is 48.1 Å². The molecule has 5 nitrogen and oxygen atoms in total. The molecule has 1 N–H and O–H groups in total. The standard InChI is InChI=1S/C15H26N2O3/c1-3-12-15(19)17(13(4-2)14(18)16-12)9-10-20-11-7-5-6-8-11/h11-13H,3-10H2,1-2H3,(H,16,18). The quantitative estimate of drug-likeness (QED) is 0.802. The van der Waals surface area contributed by atoms with Gasteiger partial charge in [-0.05, 0) is 25.7 Å². The monoisotopic (exact) mass is 282 g/mol. The molecule has 2 rings (SSSR count). The van der Waals surface area contributed by atoms with E-state index in [0.29, 0.717) is 32.1 Å². The van der Waals surface area contributed by atoms with E-state index >= 15 is 0 Å². The molecule has 1 aliphatic heterocycles. The second-order valence-corrected chi connectivity index (χ2v) is 5.70. The molecule has 2 amide bonds. The van der Waals surface area contributed by atoms with Crippen molar-refractivity contribution in [1.82, 2.24) is 10.2 Å². The van der Waals surface area contributed by atoms with Gasteiger partial charge < -0.3 is 15.0 Å². The molecule has 2 aliphatic rings. The SMILES string of the molecule is CCC1NC(=O)C(CC)N(CCOC2CCCC2)C1=O. The number of hydrogen-bond donors (Lipinski definition) is 1. The molecule has 1 saturated carbocycles. The smallest absolute Gasteiger partial charge is 0.245 e. The van der Waals surface area contributed by atoms with Crippen LogP contribution < -0.4 is 5.32 Å². The van der Waals surface area contributed by atoms with Crippen LogP contribution >= 0.6 is 0 Å². The van der Waals surface area contributed by atoms with E-state index in [4.69, 9.17) is 4.74 Å². The molecule has 2 fully saturated rings. The van der Waals surface area contributed by atoms with Crippen molar-refractivity contribution in [2.24, 2.45) is 0 Å². The van der Waals surface area contributed by atoms with Gasteiger partial charge in [0.25, 0.3) is 0 Å². The van der Waals surface area contributed by atoms with Crippen LogP contribution in [0.1, 0.15) is 52.4 Å². The number of hydrogen-bond acceptors (Lipinski definition) is 3. The minimum atomic E-state index is -0.364. The Labute approximate surface area is 121 Å². The van der Waals surface area contributed by atoms with Crippen LogP contribution in [0.15, 0.2) is 0 Å². The van der Waals surface area contributed by atoms with Crippen LogP contribution in [-0.2, 0) is 14.3 Å². The van der Waals surface area contributed by atoms with Gasteiger partial charge in [-0.2, -0.15) is 0 Å². The maximum absolute atomic E-state index is 12.4. The van der Waals surface area contributed by atoms with Crippen LogP contribution in [0, 0.1) is 0 Å². The van der Waals surface area contributed by atoms with Gasteiger partial charge in [-0.1, -0.05) is 26.7 Å². The number of carbonyl (C=O) groups is 2. The molecule has 0 aromatic rings. The lowest BCUT2D eigenvalue weighted by Gasteiger charge is -2.38. The van der Waals surface area contributed by atoms with E-state index in [1.54, 1.807) is 4.90 Å². The average Bonchev–Trinajstić information content (AvgIpc) is 2.95. The van der Waals surface area contributed by atoms with E-state index in [0.717, 1.165) is 12.8 Å². The van der Waals surface area contributed by atoms with Crippen LogP contribution in [0.25, 0.3) is 0 Å². The molecule has 0 aromatic heterocycles. The van der Waals surface area contributed by atoms with Crippen LogP contribution in [0.2, 0.25) is 0 Å². The minimum Gasteiger partial charge on any atom is -0.376 e. The zero-order valence-electron chi connectivity index (χ0n) is 12.6. The molecule has 1 aliphatic carbocycles. The Kier molecular flexibility index (Phi) is 5.40. The molecule has 2 unspecified atom stereocenters. The molecule has 5 heteroatoms. The van der Waals surface area contributed by atoms with E-state index in [1.165, 1.54) is 12.8 Å². The predicted octanol–water partition coefficient (Wildman–Crippen LogP) is 1.46. The zero-order valence-corrected chi connectivity index (χ0v) is 12.6. The highest BCUT2D eigenvalue weighted by Crippen LogP contribution is 2.21. The number of nitrogens with zero attached hydrogens (tertiary/aromatic N) is 1. The fraction of sp³-hybridized carbons (Fsp3) is 0.867. The number of amides is 2. The molecule has 1 saturated heterocycles. The largest absolute Gasteiger partial charge is 0.376 e. The van der Waals surface area contributed by atoms with Gasteiger partial charge >= 0.3 is 0 Å². The van der Waals surface area contributed by atoms with E-state index in [9.17, 15) is 9.59 Å². The maximum Gasteiger partial charge on any atom is 0.245 e. The lowest BCUT2D eigenvalue weighted by molar-refractivity contribution is -0.150. The van der Waals surface area contributed by atoms with Crippen molar-refractivity contribution < 1.29 is 14.3 Å². The highest BCUT2D eigenvalue weighted by atomic mass is 16.5. The van der Waals surface area contributed by atoms with Crippen molar-refractivity contribution in [3.05, 3.63) is 0 Å². The summed E-state index contributed by atoms with van der Waals surface area (Å²) < 4.78 is 5.83. The summed E-state index contributed by atoms with van der Waals surface area (Å²) in [6, 6.07) is -0.700. The molecular formula is C15H26N2O3. The van der Waals surface area contributed by atoms with Gasteiger partial charge in [0.2, 0.25) is 11.8 Å². The lowest BCUT2D eigenvalue weighted by atomic mass is 10.0. The van der Waals surface area contributed by atoms with Gasteiger partial charge in [-0.3, -0.25) is 9.59 Å². The van der Waals surface area contributed by atoms with Crippen LogP contribution in [0.3, 0.4) is 0 Å². The van der Waals surface area contributed by atoms with Crippen LogP contribution in [0.4, 0.5) is 0 Å². The van der Waals surface area contributed by atoms with Gasteiger partial charge in [-0.15, -0.1) is 0 Å². The zero-order chi connectivity index (χ0) is 14.5. The van der Waals surface area contributed by atoms with E-state index < -0.39 is 0 Å². The summed E-state index contributed by atoms with van der Waals surface area (Å²) in [5, 5.41) is 2.81. The minimum absolute atomic E-state index is 0.0279. The first kappa shape index (κ1) is 15.3. The third kappa shape index (κ3) is 3.32. The molecule has 0 aromatic carbocycles. The predicted molar refractivity (Wildman–Crippen MR) is 76.2 cm³/mol. The lowest BCUT2D eigenvalue weighted by Crippen LogP contribution is -2.63. The number of rotatable bonds is 6. The molecular weight excluding hydrogens is 256 g/mol. The molecule has 0 radical (unpaired) electrons. The first-order valence-corrected chi connectivity index (χ1v) is 7.89. The van der Waals surface area contributed by atoms with Crippen molar-refractivity contribution in [2.45, 2.75) is 70.6 Å². The fourth-order valence-corrected chi connectivity index (χ4v) is 3.15. The Morgan fingerprint density at radius 2 is 1.90 bits per heavy atom. The highest BCUT2D eigenvalue weighted by molar-refractivity contribution is 5.96. The Morgan fingerprint density at radius 3 is 2.50 bits per heavy atom. The second kappa shape index (κ2) is 7.07. The van der Waals surface area contributed by atoms with E-state index in [1.807, 2.05) is 13.8 Å². The number of nitrogens with one attached hydrogen (secondary N) is 1. The fourth-order valence-electron chi connectivity index (χ4n) is 3.15. The summed E-state index contributed by atoms with van der Waals surface area (Å²) >= 11 is 0. The van der Waals surface area contributed by atoms with Gasteiger partial charge in [0, 0.05) is 6.54 Å². The summed E-state index contributed by atoms with van der Waals surface area (Å²) in [7, 11) is 0. The van der Waals surface area contributed by atoms with Crippen LogP contribution in [0.5, 0.6) is 0 Å². The topological polar surface area (TPSA) is 58.6 Å². The Morgan fingerprint density at radius 1 is 1.20 bits per heavy atom. The maximum atomic E-state index is 12.4. The normalized spacial score (nSPS) is 28.0.